The number of benzene rings is 1. The lowest BCUT2D eigenvalue weighted by Gasteiger charge is -2.05. The van der Waals surface area contributed by atoms with Gasteiger partial charge >= 0.3 is 11.4 Å². The number of carbonyl (C=O) groups excluding carboxylic acids is 2. The molecule has 19 heavy (non-hydrogen) atoms. The largest absolute Gasteiger partial charge is 0.507 e. The summed E-state index contributed by atoms with van der Waals surface area (Å²) in [5.41, 5.74) is 2.63. The molecule has 0 fully saturated rings. The monoisotopic (exact) mass is 282 g/mol. The Hall–Kier alpha value is -1.33. The fraction of sp³-hybridized carbons (Fsp3) is 0.429. The second-order valence-corrected chi connectivity index (χ2v) is 5.51. The molecule has 104 valence electrons. The van der Waals surface area contributed by atoms with Gasteiger partial charge in [0.15, 0.2) is 5.78 Å². The van der Waals surface area contributed by atoms with Crippen molar-refractivity contribution in [1.29, 1.82) is 0 Å². The van der Waals surface area contributed by atoms with Crippen molar-refractivity contribution in [3.8, 4) is 11.5 Å². The Labute approximate surface area is 118 Å². The molecule has 4 nitrogen and oxygen atoms in total. The van der Waals surface area contributed by atoms with Gasteiger partial charge in [-0.2, -0.15) is 0 Å². The summed E-state index contributed by atoms with van der Waals surface area (Å²) in [5, 5.41) is 10.1. The highest BCUT2D eigenvalue weighted by atomic mass is 32.2. The molecule has 0 spiro atoms. The normalized spacial score (nSPS) is 11.4. The highest BCUT2D eigenvalue weighted by Gasteiger charge is 2.20. The predicted molar refractivity (Wildman–Crippen MR) is 79.6 cm³/mol. The average molecular weight is 282 g/mol. The van der Waals surface area contributed by atoms with E-state index in [4.69, 9.17) is 4.42 Å². The zero-order valence-electron chi connectivity index (χ0n) is 11.8. The summed E-state index contributed by atoms with van der Waals surface area (Å²) >= 11 is 1.41. The van der Waals surface area contributed by atoms with Gasteiger partial charge in [-0.25, -0.2) is 8.73 Å². The van der Waals surface area contributed by atoms with Crippen LogP contribution in [-0.2, 0) is 10.8 Å². The van der Waals surface area contributed by atoms with Crippen molar-refractivity contribution in [3.63, 3.8) is 0 Å². The van der Waals surface area contributed by atoms with Crippen LogP contribution in [0.25, 0.3) is 0 Å². The third kappa shape index (κ3) is 4.36. The quantitative estimate of drug-likeness (QED) is 0.377. The van der Waals surface area contributed by atoms with Gasteiger partial charge in [0.1, 0.15) is 5.75 Å². The van der Waals surface area contributed by atoms with E-state index in [0.29, 0.717) is 23.3 Å². The van der Waals surface area contributed by atoms with Crippen molar-refractivity contribution in [3.05, 3.63) is 23.3 Å². The van der Waals surface area contributed by atoms with Gasteiger partial charge < -0.3 is 5.11 Å². The molecule has 0 aromatic heterocycles. The first kappa shape index (κ1) is 15.7. The summed E-state index contributed by atoms with van der Waals surface area (Å²) in [6.07, 6.45) is 1.54. The highest BCUT2D eigenvalue weighted by molar-refractivity contribution is 8.09. The fourth-order valence-corrected chi connectivity index (χ4v) is 1.98. The number of Topliss-reactive ketones (excluding diaryl/α,β-unsaturated/α-hetero) is 1. The molecular formula is C14H20NO3S+. The zero-order valence-corrected chi connectivity index (χ0v) is 12.6. The third-order valence-electron chi connectivity index (χ3n) is 2.55. The molecular weight excluding hydrogens is 262 g/mol. The maximum absolute atomic E-state index is 11.4. The van der Waals surface area contributed by atoms with Crippen LogP contribution >= 0.6 is 11.9 Å². The Morgan fingerprint density at radius 3 is 2.68 bits per heavy atom. The van der Waals surface area contributed by atoms with Crippen LogP contribution in [0.3, 0.4) is 0 Å². The zero-order chi connectivity index (χ0) is 14.4. The Morgan fingerprint density at radius 1 is 1.47 bits per heavy atom. The van der Waals surface area contributed by atoms with Crippen LogP contribution in [-0.4, -0.2) is 34.9 Å². The lowest BCUT2D eigenvalue weighted by atomic mass is 10.0. The number of nitrogens with zero attached hydrogens (tertiary/aromatic N) is 1. The summed E-state index contributed by atoms with van der Waals surface area (Å²) in [7, 11) is 3.82. The molecule has 5 heteroatoms. The topological polar surface area (TPSA) is 51.8 Å². The number of ketones is 1. The number of phenolic OH excluding ortho intramolecular Hbond substituents is 1. The van der Waals surface area contributed by atoms with E-state index in [0.717, 1.165) is 6.42 Å². The molecule has 0 amide bonds. The van der Waals surface area contributed by atoms with Crippen LogP contribution in [0.4, 0.5) is 0 Å². The van der Waals surface area contributed by atoms with E-state index in [1.54, 1.807) is 17.8 Å². The molecule has 1 aromatic carbocycles. The molecule has 1 N–H and O–H groups in total. The van der Waals surface area contributed by atoms with E-state index < -0.39 is 0 Å². The molecule has 0 aliphatic carbocycles. The van der Waals surface area contributed by atoms with E-state index in [1.165, 1.54) is 18.9 Å². The smallest absolute Gasteiger partial charge is 0.368 e. The minimum Gasteiger partial charge on any atom is -0.507 e. The Balaban J connectivity index is 3.14. The van der Waals surface area contributed by atoms with Gasteiger partial charge in [0.25, 0.3) is 0 Å². The molecule has 0 aliphatic heterocycles. The first-order valence-corrected chi connectivity index (χ1v) is 6.99. The average Bonchev–Trinajstić information content (AvgIpc) is 2.32. The summed E-state index contributed by atoms with van der Waals surface area (Å²) in [6.45, 7) is 3.46. The number of carbonyl (C=O) groups is 1. The highest BCUT2D eigenvalue weighted by Crippen LogP contribution is 2.33. The van der Waals surface area contributed by atoms with Gasteiger partial charge in [-0.05, 0) is 33.5 Å². The van der Waals surface area contributed by atoms with Crippen molar-refractivity contribution in [2.24, 2.45) is 0 Å². The van der Waals surface area contributed by atoms with Crippen LogP contribution in [0.1, 0.15) is 36.2 Å². The first-order valence-electron chi connectivity index (χ1n) is 6.15. The molecule has 1 aromatic rings. The Kier molecular flexibility index (Phi) is 6.05. The van der Waals surface area contributed by atoms with Gasteiger partial charge in [0.2, 0.25) is 0 Å². The number of phenols is 1. The van der Waals surface area contributed by atoms with Gasteiger partial charge in [0.05, 0.1) is 23.1 Å². The van der Waals surface area contributed by atoms with Crippen LogP contribution < -0.4 is 0 Å². The SMILES string of the molecule is CCCc1c([O+]=CSN(C)C)ccc(C(C)=O)c1O. The van der Waals surface area contributed by atoms with Crippen molar-refractivity contribution in [1.82, 2.24) is 4.31 Å². The minimum atomic E-state index is -0.145. The van der Waals surface area contributed by atoms with E-state index >= 15 is 0 Å². The van der Waals surface area contributed by atoms with Crippen molar-refractivity contribution < 1.29 is 14.3 Å². The molecule has 0 bridgehead atoms. The van der Waals surface area contributed by atoms with Crippen molar-refractivity contribution >= 4 is 23.3 Å². The van der Waals surface area contributed by atoms with Crippen LogP contribution in [0.15, 0.2) is 12.1 Å². The summed E-state index contributed by atoms with van der Waals surface area (Å²) < 4.78 is 7.43. The molecule has 0 radical (unpaired) electrons. The number of hydrogen-bond donors (Lipinski definition) is 1. The van der Waals surface area contributed by atoms with Crippen LogP contribution in [0.2, 0.25) is 0 Å². The van der Waals surface area contributed by atoms with Gasteiger partial charge in [0, 0.05) is 6.07 Å². The van der Waals surface area contributed by atoms with Gasteiger partial charge in [-0.15, -0.1) is 0 Å². The van der Waals surface area contributed by atoms with E-state index in [9.17, 15) is 9.90 Å². The third-order valence-corrected chi connectivity index (χ3v) is 3.15. The fourth-order valence-electron chi connectivity index (χ4n) is 1.66. The predicted octanol–water partition coefficient (Wildman–Crippen LogP) is 3.20. The minimum absolute atomic E-state index is 0.0371. The summed E-state index contributed by atoms with van der Waals surface area (Å²) in [6, 6.07) is 3.33. The molecule has 0 saturated carbocycles. The number of rotatable bonds is 6. The Bertz CT molecular complexity index is 484. The maximum atomic E-state index is 11.4. The van der Waals surface area contributed by atoms with E-state index in [1.807, 2.05) is 25.3 Å². The first-order chi connectivity index (χ1) is 8.97. The van der Waals surface area contributed by atoms with Crippen LogP contribution in [0, 0.1) is 0 Å². The standard InChI is InChI=1S/C14H19NO3S/c1-5-6-12-13(18-9-19-15(3)4)8-7-11(10(2)16)14(12)17/h7-9H,5-6H2,1-4H3/p+1. The molecule has 0 aliphatic rings. The molecule has 0 saturated heterocycles. The van der Waals surface area contributed by atoms with Gasteiger partial charge in [-0.1, -0.05) is 13.3 Å². The summed E-state index contributed by atoms with van der Waals surface area (Å²) in [4.78, 5) is 11.4. The molecule has 1 rings (SSSR count). The molecule has 0 unspecified atom stereocenters. The number of hydrogen-bond acceptors (Lipinski definition) is 4. The second kappa shape index (κ2) is 7.31. The molecule has 0 heterocycles. The summed E-state index contributed by atoms with van der Waals surface area (Å²) in [5.74, 6) is 0.488. The van der Waals surface area contributed by atoms with Crippen molar-refractivity contribution in [2.75, 3.05) is 14.1 Å². The lowest BCUT2D eigenvalue weighted by molar-refractivity contribution is 0.101. The van der Waals surface area contributed by atoms with Crippen LogP contribution in [0.5, 0.6) is 11.5 Å². The second-order valence-electron chi connectivity index (χ2n) is 4.38. The maximum Gasteiger partial charge on any atom is 0.368 e. The van der Waals surface area contributed by atoms with Gasteiger partial charge in [-0.3, -0.25) is 4.79 Å². The molecule has 0 atom stereocenters. The Morgan fingerprint density at radius 2 is 2.16 bits per heavy atom. The number of aromatic hydroxyl groups is 1. The lowest BCUT2D eigenvalue weighted by Crippen LogP contribution is -1.99. The van der Waals surface area contributed by atoms with Crippen molar-refractivity contribution in [2.45, 2.75) is 26.7 Å². The van der Waals surface area contributed by atoms with E-state index in [2.05, 4.69) is 0 Å². The van der Waals surface area contributed by atoms with E-state index in [-0.39, 0.29) is 11.5 Å².